The molecule has 0 spiro atoms. The average molecular weight is 452 g/mol. The molecule has 1 aliphatic rings. The van der Waals surface area contributed by atoms with E-state index in [0.717, 1.165) is 18.7 Å². The minimum Gasteiger partial charge on any atom is -0.461 e. The zero-order valence-corrected chi connectivity index (χ0v) is 19.7. The summed E-state index contributed by atoms with van der Waals surface area (Å²) in [5.41, 5.74) is 3.24. The number of amides is 2. The van der Waals surface area contributed by atoms with Gasteiger partial charge in [0.25, 0.3) is 0 Å². The van der Waals surface area contributed by atoms with Crippen LogP contribution in [0.1, 0.15) is 41.8 Å². The van der Waals surface area contributed by atoms with Gasteiger partial charge in [-0.1, -0.05) is 43.7 Å². The summed E-state index contributed by atoms with van der Waals surface area (Å²) in [5, 5.41) is 2.86. The number of hydrogen-bond acceptors (Lipinski definition) is 5. The number of aryl methyl sites for hydroxylation is 1. The highest BCUT2D eigenvalue weighted by molar-refractivity contribution is 5.97. The molecule has 0 saturated carbocycles. The Morgan fingerprint density at radius 1 is 1.06 bits per heavy atom. The summed E-state index contributed by atoms with van der Waals surface area (Å²) in [7, 11) is 0. The maximum atomic E-state index is 12.7. The van der Waals surface area contributed by atoms with Crippen molar-refractivity contribution in [3.8, 4) is 0 Å². The van der Waals surface area contributed by atoms with E-state index in [1.54, 1.807) is 29.2 Å². The number of nitrogens with one attached hydrogen (secondary N) is 1. The van der Waals surface area contributed by atoms with Crippen molar-refractivity contribution < 1.29 is 19.1 Å². The number of likely N-dealkylation sites (tertiary alicyclic amines) is 1. The third-order valence-electron chi connectivity index (χ3n) is 6.00. The van der Waals surface area contributed by atoms with Crippen LogP contribution in [0.4, 0.5) is 5.69 Å². The molecule has 1 aliphatic heterocycles. The molecule has 0 aromatic heterocycles. The molecule has 1 atom stereocenters. The molecule has 1 N–H and O–H groups in total. The van der Waals surface area contributed by atoms with Crippen molar-refractivity contribution in [2.45, 2.75) is 33.7 Å². The lowest BCUT2D eigenvalue weighted by Crippen LogP contribution is -2.28. The highest BCUT2D eigenvalue weighted by atomic mass is 16.5. The predicted molar refractivity (Wildman–Crippen MR) is 128 cm³/mol. The van der Waals surface area contributed by atoms with Gasteiger partial charge >= 0.3 is 5.97 Å². The molecule has 1 heterocycles. The van der Waals surface area contributed by atoms with Crippen LogP contribution in [-0.2, 0) is 20.9 Å². The molecule has 7 nitrogen and oxygen atoms in total. The standard InChI is InChI=1S/C26H33N3O4/c1-4-28(5-2)14-15-33-26(32)21-10-12-23(13-11-21)27-25(31)22-16-24(30)29(18-22)17-20-8-6-19(3)7-9-20/h6-13,22H,4-5,14-18H2,1-3H3,(H,27,31)/t22-/m1/s1. The lowest BCUT2D eigenvalue weighted by molar-refractivity contribution is -0.128. The zero-order valence-electron chi connectivity index (χ0n) is 19.7. The molecule has 0 unspecified atom stereocenters. The van der Waals surface area contributed by atoms with E-state index in [-0.39, 0.29) is 24.2 Å². The predicted octanol–water partition coefficient (Wildman–Crippen LogP) is 3.48. The normalized spacial score (nSPS) is 15.7. The maximum absolute atomic E-state index is 12.7. The van der Waals surface area contributed by atoms with Gasteiger partial charge in [0.1, 0.15) is 6.61 Å². The molecule has 33 heavy (non-hydrogen) atoms. The van der Waals surface area contributed by atoms with Crippen LogP contribution >= 0.6 is 0 Å². The van der Waals surface area contributed by atoms with E-state index in [0.29, 0.717) is 37.5 Å². The van der Waals surface area contributed by atoms with Gasteiger partial charge in [-0.05, 0) is 49.8 Å². The van der Waals surface area contributed by atoms with Gasteiger partial charge < -0.3 is 19.9 Å². The van der Waals surface area contributed by atoms with Crippen LogP contribution in [0.15, 0.2) is 48.5 Å². The molecule has 1 saturated heterocycles. The average Bonchev–Trinajstić information content (AvgIpc) is 3.19. The van der Waals surface area contributed by atoms with E-state index >= 15 is 0 Å². The number of anilines is 1. The van der Waals surface area contributed by atoms with Crippen LogP contribution in [0.3, 0.4) is 0 Å². The van der Waals surface area contributed by atoms with Crippen LogP contribution in [0, 0.1) is 12.8 Å². The van der Waals surface area contributed by atoms with E-state index < -0.39 is 5.92 Å². The number of carbonyl (C=O) groups is 3. The topological polar surface area (TPSA) is 79.0 Å². The van der Waals surface area contributed by atoms with E-state index in [2.05, 4.69) is 24.1 Å². The number of likely N-dealkylation sites (N-methyl/N-ethyl adjacent to an activating group) is 1. The fraction of sp³-hybridized carbons (Fsp3) is 0.423. The van der Waals surface area contributed by atoms with Gasteiger partial charge in [0, 0.05) is 31.7 Å². The molecule has 7 heteroatoms. The van der Waals surface area contributed by atoms with Crippen LogP contribution in [0.25, 0.3) is 0 Å². The van der Waals surface area contributed by atoms with Gasteiger partial charge in [-0.3, -0.25) is 9.59 Å². The van der Waals surface area contributed by atoms with E-state index in [1.807, 2.05) is 31.2 Å². The van der Waals surface area contributed by atoms with Crippen molar-refractivity contribution in [3.63, 3.8) is 0 Å². The third kappa shape index (κ3) is 6.89. The van der Waals surface area contributed by atoms with Gasteiger partial charge in [-0.25, -0.2) is 4.79 Å². The summed E-state index contributed by atoms with van der Waals surface area (Å²) in [6.07, 6.45) is 0.203. The molecular weight excluding hydrogens is 418 g/mol. The highest BCUT2D eigenvalue weighted by Gasteiger charge is 2.34. The van der Waals surface area contributed by atoms with Crippen LogP contribution in [-0.4, -0.2) is 60.4 Å². The molecule has 0 aliphatic carbocycles. The molecule has 2 aromatic rings. The van der Waals surface area contributed by atoms with Gasteiger partial charge in [0.2, 0.25) is 11.8 Å². The summed E-state index contributed by atoms with van der Waals surface area (Å²) < 4.78 is 5.33. The monoisotopic (exact) mass is 451 g/mol. The Hall–Kier alpha value is -3.19. The second-order valence-corrected chi connectivity index (χ2v) is 8.39. The minimum absolute atomic E-state index is 0.0152. The smallest absolute Gasteiger partial charge is 0.338 e. The summed E-state index contributed by atoms with van der Waals surface area (Å²) >= 11 is 0. The molecule has 0 radical (unpaired) electrons. The van der Waals surface area contributed by atoms with Crippen LogP contribution in [0.5, 0.6) is 0 Å². The Morgan fingerprint density at radius 2 is 1.73 bits per heavy atom. The Kier molecular flexibility index (Phi) is 8.60. The fourth-order valence-electron chi connectivity index (χ4n) is 3.84. The Labute approximate surface area is 195 Å². The second-order valence-electron chi connectivity index (χ2n) is 8.39. The molecule has 3 rings (SSSR count). The first kappa shape index (κ1) is 24.5. The van der Waals surface area contributed by atoms with Crippen LogP contribution in [0.2, 0.25) is 0 Å². The van der Waals surface area contributed by atoms with Crippen LogP contribution < -0.4 is 5.32 Å². The second kappa shape index (κ2) is 11.6. The van der Waals surface area contributed by atoms with Crippen molar-refractivity contribution >= 4 is 23.5 Å². The lowest BCUT2D eigenvalue weighted by atomic mass is 10.1. The minimum atomic E-state index is -0.396. The summed E-state index contributed by atoms with van der Waals surface area (Å²) in [4.78, 5) is 41.2. The number of ether oxygens (including phenoxy) is 1. The van der Waals surface area contributed by atoms with E-state index in [4.69, 9.17) is 4.74 Å². The fourth-order valence-corrected chi connectivity index (χ4v) is 3.84. The Balaban J connectivity index is 1.48. The number of rotatable bonds is 10. The quantitative estimate of drug-likeness (QED) is 0.560. The largest absolute Gasteiger partial charge is 0.461 e. The first-order chi connectivity index (χ1) is 15.9. The molecular formula is C26H33N3O4. The van der Waals surface area contributed by atoms with Crippen molar-refractivity contribution in [1.82, 2.24) is 9.80 Å². The maximum Gasteiger partial charge on any atom is 0.338 e. The molecule has 2 amide bonds. The van der Waals surface area contributed by atoms with Gasteiger partial charge in [0.15, 0.2) is 0 Å². The number of esters is 1. The summed E-state index contributed by atoms with van der Waals surface area (Å²) in [6, 6.07) is 14.7. The first-order valence-corrected chi connectivity index (χ1v) is 11.5. The lowest BCUT2D eigenvalue weighted by Gasteiger charge is -2.17. The number of benzene rings is 2. The molecule has 176 valence electrons. The Morgan fingerprint density at radius 3 is 2.36 bits per heavy atom. The van der Waals surface area contributed by atoms with Gasteiger partial charge in [0.05, 0.1) is 11.5 Å². The molecule has 0 bridgehead atoms. The van der Waals surface area contributed by atoms with Gasteiger partial charge in [-0.15, -0.1) is 0 Å². The van der Waals surface area contributed by atoms with E-state index in [9.17, 15) is 14.4 Å². The van der Waals surface area contributed by atoms with Crippen molar-refractivity contribution in [2.24, 2.45) is 5.92 Å². The molecule has 2 aromatic carbocycles. The molecule has 1 fully saturated rings. The number of nitrogens with zero attached hydrogens (tertiary/aromatic N) is 2. The first-order valence-electron chi connectivity index (χ1n) is 11.5. The van der Waals surface area contributed by atoms with Crippen molar-refractivity contribution in [2.75, 3.05) is 38.1 Å². The van der Waals surface area contributed by atoms with Crippen molar-refractivity contribution in [3.05, 3.63) is 65.2 Å². The van der Waals surface area contributed by atoms with Crippen molar-refractivity contribution in [1.29, 1.82) is 0 Å². The third-order valence-corrected chi connectivity index (χ3v) is 6.00. The van der Waals surface area contributed by atoms with E-state index in [1.165, 1.54) is 5.56 Å². The van der Waals surface area contributed by atoms with Gasteiger partial charge in [-0.2, -0.15) is 0 Å². The summed E-state index contributed by atoms with van der Waals surface area (Å²) in [5.74, 6) is -0.983. The summed E-state index contributed by atoms with van der Waals surface area (Å²) in [6.45, 7) is 9.94. The highest BCUT2D eigenvalue weighted by Crippen LogP contribution is 2.22. The Bertz CT molecular complexity index is 953. The SMILES string of the molecule is CCN(CC)CCOC(=O)c1ccc(NC(=O)[C@@H]2CC(=O)N(Cc3ccc(C)cc3)C2)cc1. The number of hydrogen-bond donors (Lipinski definition) is 1. The zero-order chi connectivity index (χ0) is 23.8. The number of carbonyl (C=O) groups excluding carboxylic acids is 3.